The summed E-state index contributed by atoms with van der Waals surface area (Å²) in [6.45, 7) is 19.7. The highest BCUT2D eigenvalue weighted by atomic mass is 32.2. The van der Waals surface area contributed by atoms with Gasteiger partial charge in [0, 0.05) is 128 Å². The van der Waals surface area contributed by atoms with Gasteiger partial charge in [0.1, 0.15) is 17.5 Å². The summed E-state index contributed by atoms with van der Waals surface area (Å²) in [7, 11) is -1.60. The van der Waals surface area contributed by atoms with E-state index in [1.54, 1.807) is 104 Å². The van der Waals surface area contributed by atoms with Crippen LogP contribution >= 0.6 is 0 Å². The van der Waals surface area contributed by atoms with Gasteiger partial charge in [0.15, 0.2) is 0 Å². The molecule has 2 saturated heterocycles. The lowest BCUT2D eigenvalue weighted by Gasteiger charge is -2.34. The number of hydrogen-bond acceptors (Lipinski definition) is 13. The fourth-order valence-corrected chi connectivity index (χ4v) is 13.3. The van der Waals surface area contributed by atoms with Gasteiger partial charge in [0.2, 0.25) is 17.7 Å². The zero-order valence-corrected chi connectivity index (χ0v) is 60.9. The second-order valence-electron chi connectivity index (χ2n) is 27.0. The van der Waals surface area contributed by atoms with Gasteiger partial charge >= 0.3 is 18.5 Å². The van der Waals surface area contributed by atoms with Crippen LogP contribution in [0.1, 0.15) is 89.0 Å². The number of benzene rings is 6. The van der Waals surface area contributed by atoms with E-state index in [1.807, 2.05) is 13.8 Å². The van der Waals surface area contributed by atoms with Gasteiger partial charge in [-0.2, -0.15) is 47.9 Å². The average Bonchev–Trinajstić information content (AvgIpc) is 0.781. The smallest absolute Gasteiger partial charge is 0.325 e. The van der Waals surface area contributed by atoms with E-state index < -0.39 is 92.1 Å². The zero-order chi connectivity index (χ0) is 79.1. The molecule has 0 spiro atoms. The first-order valence-electron chi connectivity index (χ1n) is 34.2. The number of fused-ring (bicyclic) bond motifs is 3. The van der Waals surface area contributed by atoms with E-state index in [9.17, 15) is 89.9 Å². The van der Waals surface area contributed by atoms with Crippen LogP contribution in [0.3, 0.4) is 0 Å². The molecule has 3 aromatic heterocycles. The van der Waals surface area contributed by atoms with E-state index in [4.69, 9.17) is 4.18 Å². The van der Waals surface area contributed by atoms with Crippen molar-refractivity contribution < 1.29 is 79.7 Å². The number of carbonyl (C=O) groups is 3. The fourth-order valence-electron chi connectivity index (χ4n) is 12.8. The third-order valence-corrected chi connectivity index (χ3v) is 19.2. The molecule has 4 N–H and O–H groups in total. The highest BCUT2D eigenvalue weighted by molar-refractivity contribution is 7.86. The minimum absolute atomic E-state index is 0.0470. The molecule has 0 aliphatic carbocycles. The molecule has 0 saturated carbocycles. The lowest BCUT2D eigenvalue weighted by molar-refractivity contribution is -0.140. The molecular formula is C76H80F12N10O9S. The monoisotopic (exact) mass is 1540 g/mol. The number of piperazine rings is 2. The second-order valence-corrected chi connectivity index (χ2v) is 28.7. The van der Waals surface area contributed by atoms with Crippen molar-refractivity contribution in [2.45, 2.75) is 97.5 Å². The normalized spacial score (nSPS) is 15.0. The first kappa shape index (κ1) is 82.3. The van der Waals surface area contributed by atoms with Gasteiger partial charge in [-0.25, -0.2) is 13.2 Å². The Morgan fingerprint density at radius 1 is 0.454 bits per heavy atom. The van der Waals surface area contributed by atoms with E-state index in [2.05, 4.69) is 43.0 Å². The number of hydrogen-bond donors (Lipinski definition) is 4. The molecule has 11 rings (SSSR count). The number of pyridine rings is 3. The minimum Gasteiger partial charge on any atom is -0.325 e. The molecule has 5 heterocycles. The number of aromatic nitrogens is 3. The second kappa shape index (κ2) is 34.2. The minimum atomic E-state index is -4.84. The van der Waals surface area contributed by atoms with Crippen molar-refractivity contribution in [1.29, 1.82) is 0 Å². The molecule has 2 fully saturated rings. The van der Waals surface area contributed by atoms with Crippen LogP contribution in [-0.2, 0) is 66.5 Å². The lowest BCUT2D eigenvalue weighted by Crippen LogP contribution is -2.46. The van der Waals surface area contributed by atoms with Crippen molar-refractivity contribution in [3.8, 4) is 0 Å². The number of nitrogens with zero attached hydrogens (tertiary/aromatic N) is 6. The molecule has 3 amide bonds. The molecule has 32 heteroatoms. The molecule has 0 bridgehead atoms. The van der Waals surface area contributed by atoms with Gasteiger partial charge in [-0.1, -0.05) is 36.4 Å². The van der Waals surface area contributed by atoms with E-state index in [0.29, 0.717) is 73.8 Å². The van der Waals surface area contributed by atoms with Crippen molar-refractivity contribution in [2.75, 3.05) is 101 Å². The van der Waals surface area contributed by atoms with E-state index in [-0.39, 0.29) is 71.1 Å². The van der Waals surface area contributed by atoms with E-state index >= 15 is 0 Å². The molecule has 6 aromatic carbocycles. The van der Waals surface area contributed by atoms with E-state index in [0.717, 1.165) is 113 Å². The summed E-state index contributed by atoms with van der Waals surface area (Å²) in [5.74, 6) is -5.99. The number of rotatable bonds is 19. The van der Waals surface area contributed by atoms with Gasteiger partial charge in [0.05, 0.1) is 71.9 Å². The van der Waals surface area contributed by atoms with Crippen LogP contribution in [0.15, 0.2) is 142 Å². The Hall–Kier alpha value is -9.73. The Bertz CT molecular complexity index is 5150. The van der Waals surface area contributed by atoms with Gasteiger partial charge < -0.3 is 39.9 Å². The number of likely N-dealkylation sites (N-methyl/N-ethyl adjacent to an activating group) is 1. The Kier molecular flexibility index (Phi) is 26.1. The summed E-state index contributed by atoms with van der Waals surface area (Å²) in [5.41, 5.74) is -1.38. The standard InChI is InChI=1S/C27H30F4N4O2.C26H28F4N4O2.C23H22F4N2O5S/c1-17-4-6-21-20(8-9-35(26(21)37)18(2)16-34-12-10-33(3)11-13-34)25(17)32-24(36)15-19-5-7-22(23(28)14-19)27(29,30)31;1-16-3-5-20-19(7-10-34(25(20)36)17(2)15-33-11-8-31-9-12-33)24(16)32-23(35)14-18-4-6-21(22(27)13-18)26(28,29)30;1-13-4-6-17-16(8-9-29(22(17)31)14(2)12-34-35(3,32)33)21(13)28-20(30)11-15-5-7-18(19(24)10-15)23(25,26)27/h4-9,14,18H,10-13,15-16H2,1-3H3,(H,32,36);3-7,10,13,17,31H,8-9,11-12,14-15H2,1-2H3,(H,32,35);4-10,14H,11-12H2,1-3H3,(H,28,30)/t18-;17-;14-/m111/s1. The number of amides is 3. The van der Waals surface area contributed by atoms with Crippen molar-refractivity contribution >= 4 is 77.2 Å². The van der Waals surface area contributed by atoms with Crippen molar-refractivity contribution in [2.24, 2.45) is 0 Å². The molecule has 9 aromatic rings. The first-order valence-corrected chi connectivity index (χ1v) is 36.1. The third-order valence-electron chi connectivity index (χ3n) is 18.7. The van der Waals surface area contributed by atoms with Crippen LogP contribution in [0.25, 0.3) is 32.3 Å². The lowest BCUT2D eigenvalue weighted by atomic mass is 10.0. The molecule has 0 unspecified atom stereocenters. The Morgan fingerprint density at radius 2 is 0.759 bits per heavy atom. The number of aryl methyl sites for hydroxylation is 3. The average molecular weight is 1540 g/mol. The summed E-state index contributed by atoms with van der Waals surface area (Å²) in [6.07, 6.45) is -9.67. The van der Waals surface area contributed by atoms with Crippen molar-refractivity contribution in [3.63, 3.8) is 0 Å². The van der Waals surface area contributed by atoms with Gasteiger partial charge in [-0.05, 0) is 155 Å². The SMILES string of the molecule is Cc1ccc2c(=O)n([C@H](C)CN3CCN(C)CC3)ccc2c1NC(=O)Cc1ccc(C(F)(F)F)c(F)c1.Cc1ccc2c(=O)n([C@H](C)CN3CCNCC3)ccc2c1NC(=O)Cc1ccc(C(F)(F)F)c(F)c1.Cc1ccc2c(=O)n([C@H](C)COS(C)(=O)=O)ccc2c1NC(=O)Cc1ccc(C(F)(F)F)c(F)c1. The van der Waals surface area contributed by atoms with Gasteiger partial charge in [0.25, 0.3) is 26.8 Å². The molecule has 19 nitrogen and oxygen atoms in total. The molecular weight excluding hydrogens is 1460 g/mol. The summed E-state index contributed by atoms with van der Waals surface area (Å²) >= 11 is 0. The maximum atomic E-state index is 13.9. The Balaban J connectivity index is 0.000000187. The third kappa shape index (κ3) is 20.7. The van der Waals surface area contributed by atoms with Crippen LogP contribution in [-0.4, -0.2) is 140 Å². The highest BCUT2D eigenvalue weighted by Crippen LogP contribution is 2.36. The predicted octanol–water partition coefficient (Wildman–Crippen LogP) is 12.8. The highest BCUT2D eigenvalue weighted by Gasteiger charge is 2.37. The van der Waals surface area contributed by atoms with Crippen LogP contribution in [0.4, 0.5) is 69.7 Å². The summed E-state index contributed by atoms with van der Waals surface area (Å²) in [5, 5.41) is 14.2. The maximum Gasteiger partial charge on any atom is 0.419 e. The summed E-state index contributed by atoms with van der Waals surface area (Å²) in [4.78, 5) is 84.6. The summed E-state index contributed by atoms with van der Waals surface area (Å²) < 4.78 is 189. The first-order chi connectivity index (χ1) is 50.6. The van der Waals surface area contributed by atoms with Crippen LogP contribution in [0.5, 0.6) is 0 Å². The number of anilines is 3. The summed E-state index contributed by atoms with van der Waals surface area (Å²) in [6, 6.07) is 21.7. The number of carbonyl (C=O) groups excluding carboxylic acids is 3. The molecule has 3 atom stereocenters. The van der Waals surface area contributed by atoms with Crippen molar-refractivity contribution in [1.82, 2.24) is 33.7 Å². The van der Waals surface area contributed by atoms with Crippen molar-refractivity contribution in [3.05, 3.63) is 226 Å². The van der Waals surface area contributed by atoms with Crippen LogP contribution < -0.4 is 37.9 Å². The molecule has 578 valence electrons. The molecule has 108 heavy (non-hydrogen) atoms. The predicted molar refractivity (Wildman–Crippen MR) is 388 cm³/mol. The van der Waals surface area contributed by atoms with E-state index in [1.165, 1.54) is 10.8 Å². The molecule has 2 aliphatic rings. The fraction of sp³-hybridized carbons (Fsp3) is 0.368. The Labute approximate surface area is 613 Å². The quantitative estimate of drug-likeness (QED) is 0.0438. The topological polar surface area (TPSA) is 218 Å². The van der Waals surface area contributed by atoms with Crippen LogP contribution in [0, 0.1) is 38.2 Å². The van der Waals surface area contributed by atoms with Gasteiger partial charge in [-0.15, -0.1) is 0 Å². The van der Waals surface area contributed by atoms with Crippen LogP contribution in [0.2, 0.25) is 0 Å². The largest absolute Gasteiger partial charge is 0.419 e. The molecule has 0 radical (unpaired) electrons. The number of alkyl halides is 9. The zero-order valence-electron chi connectivity index (χ0n) is 60.1. The maximum absolute atomic E-state index is 13.9. The number of halogens is 12. The molecule has 2 aliphatic heterocycles. The number of nitrogens with one attached hydrogen (secondary N) is 4. The Morgan fingerprint density at radius 3 is 1.06 bits per heavy atom. The van der Waals surface area contributed by atoms with Gasteiger partial charge in [-0.3, -0.25) is 42.8 Å².